The van der Waals surface area contributed by atoms with Crippen LogP contribution >= 0.6 is 11.6 Å². The predicted octanol–water partition coefficient (Wildman–Crippen LogP) is 1.95. The number of hydrogen-bond acceptors (Lipinski definition) is 4. The monoisotopic (exact) mass is 302 g/mol. The van der Waals surface area contributed by atoms with Crippen molar-refractivity contribution in [3.63, 3.8) is 0 Å². The minimum Gasteiger partial charge on any atom is -0.324 e. The molecule has 2 heterocycles. The van der Waals surface area contributed by atoms with Crippen molar-refractivity contribution in [1.29, 1.82) is 0 Å². The van der Waals surface area contributed by atoms with Gasteiger partial charge in [-0.2, -0.15) is 0 Å². The third-order valence-electron chi connectivity index (χ3n) is 3.15. The van der Waals surface area contributed by atoms with E-state index < -0.39 is 21.0 Å². The van der Waals surface area contributed by atoms with E-state index in [1.165, 1.54) is 6.20 Å². The minimum atomic E-state index is -3.32. The Labute approximate surface area is 117 Å². The quantitative estimate of drug-likeness (QED) is 0.847. The van der Waals surface area contributed by atoms with Gasteiger partial charge < -0.3 is 5.32 Å². The average Bonchev–Trinajstić information content (AvgIpc) is 2.33. The van der Waals surface area contributed by atoms with Crippen molar-refractivity contribution in [3.05, 3.63) is 23.0 Å². The van der Waals surface area contributed by atoms with Crippen molar-refractivity contribution in [2.24, 2.45) is 0 Å². The summed E-state index contributed by atoms with van der Waals surface area (Å²) in [6, 6.07) is 1.67. The zero-order valence-electron chi connectivity index (χ0n) is 10.5. The van der Waals surface area contributed by atoms with Gasteiger partial charge in [0.05, 0.1) is 17.6 Å². The molecular formula is C12H15ClN2O3S. The zero-order chi connectivity index (χ0) is 14.0. The number of pyridine rings is 1. The van der Waals surface area contributed by atoms with E-state index in [1.54, 1.807) is 13.0 Å². The summed E-state index contributed by atoms with van der Waals surface area (Å²) in [7, 11) is -3.32. The average molecular weight is 303 g/mol. The fraction of sp³-hybridized carbons (Fsp3) is 0.500. The van der Waals surface area contributed by atoms with Crippen LogP contribution in [0, 0.1) is 6.92 Å². The fourth-order valence-corrected chi connectivity index (χ4v) is 4.00. The van der Waals surface area contributed by atoms with Crippen molar-refractivity contribution >= 4 is 33.0 Å². The van der Waals surface area contributed by atoms with Crippen molar-refractivity contribution in [3.8, 4) is 0 Å². The number of carbonyl (C=O) groups excluding carboxylic acids is 1. The van der Waals surface area contributed by atoms with Crippen LogP contribution in [0.5, 0.6) is 0 Å². The Morgan fingerprint density at radius 3 is 2.84 bits per heavy atom. The molecule has 1 atom stereocenters. The van der Waals surface area contributed by atoms with Gasteiger partial charge in [0.15, 0.2) is 9.84 Å². The number of nitrogens with one attached hydrogen (secondary N) is 1. The molecule has 7 heteroatoms. The molecule has 0 radical (unpaired) electrons. The van der Waals surface area contributed by atoms with Crippen molar-refractivity contribution in [2.45, 2.75) is 31.4 Å². The highest BCUT2D eigenvalue weighted by Gasteiger charge is 2.34. The molecule has 0 saturated carbocycles. The van der Waals surface area contributed by atoms with E-state index in [4.69, 9.17) is 11.6 Å². The van der Waals surface area contributed by atoms with Gasteiger partial charge in [0.25, 0.3) is 0 Å². The molecule has 1 saturated heterocycles. The summed E-state index contributed by atoms with van der Waals surface area (Å²) in [5.41, 5.74) is 1.19. The van der Waals surface area contributed by atoms with Crippen molar-refractivity contribution in [2.75, 3.05) is 11.1 Å². The van der Waals surface area contributed by atoms with E-state index in [-0.39, 0.29) is 5.75 Å². The van der Waals surface area contributed by atoms with Crippen LogP contribution in [0.4, 0.5) is 5.69 Å². The van der Waals surface area contributed by atoms with Gasteiger partial charge in [-0.3, -0.25) is 4.79 Å². The number of sulfone groups is 1. The summed E-state index contributed by atoms with van der Waals surface area (Å²) in [6.07, 6.45) is 3.19. The summed E-state index contributed by atoms with van der Waals surface area (Å²) in [5.74, 6) is -0.397. The topological polar surface area (TPSA) is 76.1 Å². The molecule has 2 rings (SSSR count). The number of rotatable bonds is 2. The highest BCUT2D eigenvalue weighted by Crippen LogP contribution is 2.22. The zero-order valence-corrected chi connectivity index (χ0v) is 12.1. The lowest BCUT2D eigenvalue weighted by atomic mass is 10.2. The van der Waals surface area contributed by atoms with E-state index >= 15 is 0 Å². The molecule has 0 aromatic carbocycles. The van der Waals surface area contributed by atoms with Crippen LogP contribution in [-0.4, -0.2) is 30.3 Å². The molecule has 5 nitrogen and oxygen atoms in total. The Kier molecular flexibility index (Phi) is 4.10. The van der Waals surface area contributed by atoms with Crippen LogP contribution in [0.2, 0.25) is 5.15 Å². The largest absolute Gasteiger partial charge is 0.324 e. The first-order valence-electron chi connectivity index (χ1n) is 6.05. The second kappa shape index (κ2) is 5.46. The van der Waals surface area contributed by atoms with Crippen LogP contribution in [0.3, 0.4) is 0 Å². The Bertz CT molecular complexity index is 601. The Hall–Kier alpha value is -1.14. The van der Waals surface area contributed by atoms with Gasteiger partial charge in [0, 0.05) is 0 Å². The van der Waals surface area contributed by atoms with E-state index in [2.05, 4.69) is 10.3 Å². The number of hydrogen-bond donors (Lipinski definition) is 1. The molecule has 1 aliphatic heterocycles. The molecule has 1 aliphatic rings. The third kappa shape index (κ3) is 3.25. The van der Waals surface area contributed by atoms with E-state index in [0.29, 0.717) is 23.7 Å². The molecule has 1 aromatic rings. The van der Waals surface area contributed by atoms with Gasteiger partial charge in [-0.25, -0.2) is 13.4 Å². The summed E-state index contributed by atoms with van der Waals surface area (Å²) >= 11 is 5.79. The molecule has 0 spiro atoms. The smallest absolute Gasteiger partial charge is 0.242 e. The van der Waals surface area contributed by atoms with Crippen LogP contribution in [0.1, 0.15) is 24.8 Å². The van der Waals surface area contributed by atoms with E-state index in [1.807, 2.05) is 0 Å². The Morgan fingerprint density at radius 2 is 2.21 bits per heavy atom. The first-order valence-corrected chi connectivity index (χ1v) is 8.14. The molecule has 19 heavy (non-hydrogen) atoms. The van der Waals surface area contributed by atoms with E-state index in [9.17, 15) is 13.2 Å². The molecule has 104 valence electrons. The lowest BCUT2D eigenvalue weighted by Crippen LogP contribution is -2.39. The number of aromatic nitrogens is 1. The van der Waals surface area contributed by atoms with Gasteiger partial charge in [-0.05, 0) is 31.4 Å². The van der Waals surface area contributed by atoms with Crippen molar-refractivity contribution in [1.82, 2.24) is 4.98 Å². The molecule has 0 aliphatic carbocycles. The lowest BCUT2D eigenvalue weighted by molar-refractivity contribution is -0.116. The molecule has 1 amide bonds. The van der Waals surface area contributed by atoms with Crippen LogP contribution in [-0.2, 0) is 14.6 Å². The summed E-state index contributed by atoms with van der Waals surface area (Å²) in [6.45, 7) is 1.77. The van der Waals surface area contributed by atoms with Gasteiger partial charge in [0.1, 0.15) is 10.4 Å². The number of nitrogens with zero attached hydrogens (tertiary/aromatic N) is 1. The number of halogens is 1. The first-order chi connectivity index (χ1) is 8.90. The van der Waals surface area contributed by atoms with Crippen molar-refractivity contribution < 1.29 is 13.2 Å². The lowest BCUT2D eigenvalue weighted by Gasteiger charge is -2.21. The second-order valence-electron chi connectivity index (χ2n) is 4.67. The predicted molar refractivity (Wildman–Crippen MR) is 74.0 cm³/mol. The minimum absolute atomic E-state index is 0.0863. The standard InChI is InChI=1S/C12H15ClN2O3S/c1-8-6-9(7-14-11(8)13)15-12(16)10-4-2-3-5-19(10,17)18/h6-7,10H,2-5H2,1H3,(H,15,16). The second-order valence-corrected chi connectivity index (χ2v) is 7.33. The summed E-state index contributed by atoms with van der Waals surface area (Å²) < 4.78 is 23.7. The first kappa shape index (κ1) is 14.3. The van der Waals surface area contributed by atoms with Crippen LogP contribution in [0.15, 0.2) is 12.3 Å². The van der Waals surface area contributed by atoms with E-state index in [0.717, 1.165) is 12.0 Å². The normalized spacial score (nSPS) is 21.9. The van der Waals surface area contributed by atoms with Gasteiger partial charge in [-0.1, -0.05) is 18.0 Å². The molecule has 1 N–H and O–H groups in total. The SMILES string of the molecule is Cc1cc(NC(=O)C2CCCCS2(=O)=O)cnc1Cl. The van der Waals surface area contributed by atoms with Crippen LogP contribution < -0.4 is 5.32 Å². The maximum Gasteiger partial charge on any atom is 0.242 e. The van der Waals surface area contributed by atoms with Gasteiger partial charge >= 0.3 is 0 Å². The maximum absolute atomic E-state index is 12.0. The molecule has 1 aromatic heterocycles. The highest BCUT2D eigenvalue weighted by atomic mass is 35.5. The highest BCUT2D eigenvalue weighted by molar-refractivity contribution is 7.92. The number of anilines is 1. The molecular weight excluding hydrogens is 288 g/mol. The molecule has 1 unspecified atom stereocenters. The number of amides is 1. The number of carbonyl (C=O) groups is 1. The third-order valence-corrected chi connectivity index (χ3v) is 5.72. The molecule has 1 fully saturated rings. The van der Waals surface area contributed by atoms with Gasteiger partial charge in [0.2, 0.25) is 5.91 Å². The summed E-state index contributed by atoms with van der Waals surface area (Å²) in [5, 5.41) is 2.01. The number of aryl methyl sites for hydroxylation is 1. The van der Waals surface area contributed by atoms with Crippen LogP contribution in [0.25, 0.3) is 0 Å². The fourth-order valence-electron chi connectivity index (χ4n) is 2.10. The molecule has 0 bridgehead atoms. The Balaban J connectivity index is 2.14. The maximum atomic E-state index is 12.0. The van der Waals surface area contributed by atoms with Gasteiger partial charge in [-0.15, -0.1) is 0 Å². The Morgan fingerprint density at radius 1 is 1.47 bits per heavy atom. The summed E-state index contributed by atoms with van der Waals surface area (Å²) in [4.78, 5) is 15.9.